The lowest BCUT2D eigenvalue weighted by Crippen LogP contribution is -2.08. The van der Waals surface area contributed by atoms with E-state index in [9.17, 15) is 0 Å². The van der Waals surface area contributed by atoms with E-state index in [4.69, 9.17) is 4.74 Å². The molecule has 0 aromatic carbocycles. The van der Waals surface area contributed by atoms with Crippen LogP contribution in [0.5, 0.6) is 5.88 Å². The van der Waals surface area contributed by atoms with Gasteiger partial charge in [0, 0.05) is 15.3 Å². The van der Waals surface area contributed by atoms with Gasteiger partial charge >= 0.3 is 0 Å². The van der Waals surface area contributed by atoms with Gasteiger partial charge in [0.2, 0.25) is 5.88 Å². The first-order valence-electron chi connectivity index (χ1n) is 3.89. The van der Waals surface area contributed by atoms with Gasteiger partial charge in [-0.05, 0) is 49.4 Å². The van der Waals surface area contributed by atoms with Crippen LogP contribution in [0.2, 0.25) is 0 Å². The molecule has 1 aromatic rings. The molecule has 0 radical (unpaired) electrons. The zero-order chi connectivity index (χ0) is 9.14. The van der Waals surface area contributed by atoms with Crippen molar-refractivity contribution in [3.8, 4) is 5.88 Å². The smallest absolute Gasteiger partial charge is 0.217 e. The number of halogens is 1. The van der Waals surface area contributed by atoms with E-state index >= 15 is 0 Å². The molecule has 0 aliphatic heterocycles. The molecule has 0 saturated heterocycles. The van der Waals surface area contributed by atoms with Crippen LogP contribution in [0.4, 0.5) is 0 Å². The highest BCUT2D eigenvalue weighted by molar-refractivity contribution is 14.1. The molecule has 12 heavy (non-hydrogen) atoms. The third-order valence-corrected chi connectivity index (χ3v) is 2.61. The van der Waals surface area contributed by atoms with Crippen LogP contribution in [0.1, 0.15) is 19.4 Å². The Morgan fingerprint density at radius 1 is 1.50 bits per heavy atom. The molecule has 0 aliphatic rings. The van der Waals surface area contributed by atoms with Gasteiger partial charge in [-0.25, -0.2) is 4.98 Å². The van der Waals surface area contributed by atoms with E-state index in [0.29, 0.717) is 0 Å². The van der Waals surface area contributed by atoms with E-state index in [-0.39, 0.29) is 6.10 Å². The predicted molar refractivity (Wildman–Crippen MR) is 57.5 cm³/mol. The first kappa shape index (κ1) is 9.77. The van der Waals surface area contributed by atoms with Crippen molar-refractivity contribution in [2.45, 2.75) is 26.9 Å². The van der Waals surface area contributed by atoms with Crippen molar-refractivity contribution in [2.24, 2.45) is 0 Å². The second-order valence-electron chi connectivity index (χ2n) is 2.89. The van der Waals surface area contributed by atoms with E-state index in [0.717, 1.165) is 11.4 Å². The Morgan fingerprint density at radius 3 is 2.75 bits per heavy atom. The summed E-state index contributed by atoms with van der Waals surface area (Å²) in [6.07, 6.45) is 1.96. The summed E-state index contributed by atoms with van der Waals surface area (Å²) in [6, 6.07) is 1.98. The average Bonchev–Trinajstić information content (AvgIpc) is 1.98. The van der Waals surface area contributed by atoms with Gasteiger partial charge in [0.25, 0.3) is 0 Å². The predicted octanol–water partition coefficient (Wildman–Crippen LogP) is 2.78. The number of hydrogen-bond acceptors (Lipinski definition) is 2. The highest BCUT2D eigenvalue weighted by Crippen LogP contribution is 2.20. The Kier molecular flexibility index (Phi) is 3.31. The van der Waals surface area contributed by atoms with Crippen molar-refractivity contribution < 1.29 is 4.74 Å². The van der Waals surface area contributed by atoms with Crippen LogP contribution in [0.25, 0.3) is 0 Å². The number of aromatic nitrogens is 1. The van der Waals surface area contributed by atoms with Crippen molar-refractivity contribution in [3.63, 3.8) is 0 Å². The van der Waals surface area contributed by atoms with Crippen LogP contribution < -0.4 is 4.74 Å². The van der Waals surface area contributed by atoms with Crippen LogP contribution in [-0.2, 0) is 0 Å². The molecule has 1 rings (SSSR count). The number of nitrogens with zero attached hydrogens (tertiary/aromatic N) is 1. The maximum atomic E-state index is 5.51. The molecule has 0 N–H and O–H groups in total. The molecule has 2 nitrogen and oxygen atoms in total. The van der Waals surface area contributed by atoms with Gasteiger partial charge in [0.05, 0.1) is 6.10 Å². The van der Waals surface area contributed by atoms with Gasteiger partial charge in [-0.1, -0.05) is 0 Å². The highest BCUT2D eigenvalue weighted by atomic mass is 127. The van der Waals surface area contributed by atoms with Gasteiger partial charge in [0.1, 0.15) is 0 Å². The van der Waals surface area contributed by atoms with Gasteiger partial charge in [-0.15, -0.1) is 0 Å². The lowest BCUT2D eigenvalue weighted by Gasteiger charge is -2.11. The van der Waals surface area contributed by atoms with Gasteiger partial charge in [-0.2, -0.15) is 0 Å². The quantitative estimate of drug-likeness (QED) is 0.775. The molecule has 0 spiro atoms. The molecule has 0 aliphatic carbocycles. The van der Waals surface area contributed by atoms with Gasteiger partial charge in [0.15, 0.2) is 0 Å². The number of pyridine rings is 1. The maximum Gasteiger partial charge on any atom is 0.217 e. The maximum absolute atomic E-state index is 5.51. The standard InChI is InChI=1S/C9H12INO/c1-6(2)12-9-7(3)8(10)4-5-11-9/h4-6H,1-3H3. The Morgan fingerprint density at radius 2 is 2.17 bits per heavy atom. The Labute approximate surface area is 86.5 Å². The lowest BCUT2D eigenvalue weighted by molar-refractivity contribution is 0.230. The zero-order valence-corrected chi connectivity index (χ0v) is 9.62. The monoisotopic (exact) mass is 277 g/mol. The molecule has 1 heterocycles. The first-order chi connectivity index (χ1) is 5.61. The zero-order valence-electron chi connectivity index (χ0n) is 7.47. The molecule has 0 unspecified atom stereocenters. The topological polar surface area (TPSA) is 22.1 Å². The fourth-order valence-electron chi connectivity index (χ4n) is 0.836. The van der Waals surface area contributed by atoms with Crippen molar-refractivity contribution in [3.05, 3.63) is 21.4 Å². The minimum absolute atomic E-state index is 0.189. The average molecular weight is 277 g/mol. The molecule has 66 valence electrons. The van der Waals surface area contributed by atoms with Crippen molar-refractivity contribution in [2.75, 3.05) is 0 Å². The highest BCUT2D eigenvalue weighted by Gasteiger charge is 2.05. The fourth-order valence-corrected chi connectivity index (χ4v) is 1.23. The minimum Gasteiger partial charge on any atom is -0.475 e. The van der Waals surface area contributed by atoms with E-state index in [2.05, 4.69) is 27.6 Å². The van der Waals surface area contributed by atoms with Gasteiger partial charge in [-0.3, -0.25) is 0 Å². The molecule has 3 heteroatoms. The van der Waals surface area contributed by atoms with Crippen LogP contribution in [0.3, 0.4) is 0 Å². The minimum atomic E-state index is 0.189. The summed E-state index contributed by atoms with van der Waals surface area (Å²) in [5, 5.41) is 0. The van der Waals surface area contributed by atoms with E-state index in [1.165, 1.54) is 3.57 Å². The van der Waals surface area contributed by atoms with Crippen molar-refractivity contribution in [1.82, 2.24) is 4.98 Å². The second kappa shape index (κ2) is 4.07. The molecule has 1 aromatic heterocycles. The van der Waals surface area contributed by atoms with E-state index in [1.54, 1.807) is 6.20 Å². The summed E-state index contributed by atoms with van der Waals surface area (Å²) < 4.78 is 6.70. The Hall–Kier alpha value is -0.320. The van der Waals surface area contributed by atoms with Crippen LogP contribution in [0.15, 0.2) is 12.3 Å². The fraction of sp³-hybridized carbons (Fsp3) is 0.444. The number of rotatable bonds is 2. The SMILES string of the molecule is Cc1c(I)ccnc1OC(C)C. The third-order valence-electron chi connectivity index (χ3n) is 1.44. The Bertz CT molecular complexity index is 273. The molecular formula is C9H12INO. The summed E-state index contributed by atoms with van der Waals surface area (Å²) in [4.78, 5) is 4.15. The van der Waals surface area contributed by atoms with E-state index < -0.39 is 0 Å². The number of hydrogen-bond donors (Lipinski definition) is 0. The number of ether oxygens (including phenoxy) is 1. The normalized spacial score (nSPS) is 10.4. The summed E-state index contributed by atoms with van der Waals surface area (Å²) in [5.74, 6) is 0.747. The van der Waals surface area contributed by atoms with Crippen LogP contribution >= 0.6 is 22.6 Å². The molecule has 0 bridgehead atoms. The lowest BCUT2D eigenvalue weighted by atomic mass is 10.3. The molecule has 0 fully saturated rings. The molecule has 0 amide bonds. The molecule has 0 atom stereocenters. The van der Waals surface area contributed by atoms with E-state index in [1.807, 2.05) is 26.8 Å². The second-order valence-corrected chi connectivity index (χ2v) is 4.05. The van der Waals surface area contributed by atoms with Crippen LogP contribution in [-0.4, -0.2) is 11.1 Å². The largest absolute Gasteiger partial charge is 0.475 e. The molecular weight excluding hydrogens is 265 g/mol. The summed E-state index contributed by atoms with van der Waals surface area (Å²) in [7, 11) is 0. The first-order valence-corrected chi connectivity index (χ1v) is 4.97. The molecule has 0 saturated carbocycles. The summed E-state index contributed by atoms with van der Waals surface area (Å²) in [5.41, 5.74) is 1.12. The summed E-state index contributed by atoms with van der Waals surface area (Å²) in [6.45, 7) is 6.02. The Balaban J connectivity index is 2.92. The third kappa shape index (κ3) is 2.33. The van der Waals surface area contributed by atoms with Gasteiger partial charge < -0.3 is 4.74 Å². The summed E-state index contributed by atoms with van der Waals surface area (Å²) >= 11 is 2.28. The van der Waals surface area contributed by atoms with Crippen LogP contribution in [0, 0.1) is 10.5 Å². The van der Waals surface area contributed by atoms with Crippen molar-refractivity contribution >= 4 is 22.6 Å². The van der Waals surface area contributed by atoms with Crippen molar-refractivity contribution in [1.29, 1.82) is 0 Å².